The highest BCUT2D eigenvalue weighted by Gasteiger charge is 2.21. The number of thiocarbonyl (C=S) groups is 2. The molecule has 0 saturated carbocycles. The van der Waals surface area contributed by atoms with Gasteiger partial charge < -0.3 is 29.4 Å². The van der Waals surface area contributed by atoms with Crippen molar-refractivity contribution in [3.8, 4) is 0 Å². The topological polar surface area (TPSA) is 116 Å². The molecule has 0 aliphatic carbocycles. The van der Waals surface area contributed by atoms with Gasteiger partial charge in [0.05, 0.1) is 26.4 Å². The number of halogens is 1. The first kappa shape index (κ1) is 38.2. The molecule has 2 aromatic heterocycles. The second-order valence-electron chi connectivity index (χ2n) is 10.8. The SMILES string of the molecule is CCCCCCCCCCOC(=S)OCCCOC(OC(=S)OCCCCCCCCCC)n1cnc2c(Cl)nc(N)nc21. The standard InChI is InChI=1S/C31H52ClN5O5S2/c1-3-5-7-9-11-13-15-17-20-39-30(43)40-23-19-22-38-29(37-24-34-25-26(32)35-28(33)36-27(25)37)42-31(44)41-21-18-16-14-12-10-8-6-4-2/h24,29H,3-23H2,1-2H3,(H2,33,35,36). The summed E-state index contributed by atoms with van der Waals surface area (Å²) in [5, 5.41) is 0.255. The maximum absolute atomic E-state index is 6.21. The molecule has 0 bridgehead atoms. The second kappa shape index (κ2) is 24.2. The number of ether oxygens (including phenoxy) is 5. The van der Waals surface area contributed by atoms with E-state index >= 15 is 0 Å². The van der Waals surface area contributed by atoms with Gasteiger partial charge in [-0.05, 0) is 12.8 Å². The van der Waals surface area contributed by atoms with Crippen LogP contribution in [0, 0.1) is 0 Å². The van der Waals surface area contributed by atoms with Gasteiger partial charge in [-0.1, -0.05) is 115 Å². The lowest BCUT2D eigenvalue weighted by Crippen LogP contribution is -2.22. The third-order valence-electron chi connectivity index (χ3n) is 7.02. The van der Waals surface area contributed by atoms with Gasteiger partial charge in [0.2, 0.25) is 5.95 Å². The van der Waals surface area contributed by atoms with Crippen molar-refractivity contribution >= 4 is 63.6 Å². The van der Waals surface area contributed by atoms with Crippen LogP contribution in [-0.2, 0) is 23.7 Å². The lowest BCUT2D eigenvalue weighted by Gasteiger charge is -2.21. The van der Waals surface area contributed by atoms with E-state index in [1.165, 1.54) is 83.4 Å². The quantitative estimate of drug-likeness (QED) is 0.0471. The van der Waals surface area contributed by atoms with Crippen LogP contribution in [0.5, 0.6) is 0 Å². The zero-order chi connectivity index (χ0) is 31.8. The Labute approximate surface area is 279 Å². The maximum Gasteiger partial charge on any atom is 0.356 e. The maximum atomic E-state index is 6.21. The number of nitrogens with two attached hydrogens (primary N) is 1. The molecule has 2 aromatic rings. The molecule has 44 heavy (non-hydrogen) atoms. The number of fused-ring (bicyclic) bond motifs is 1. The van der Waals surface area contributed by atoms with Crippen LogP contribution < -0.4 is 5.73 Å². The van der Waals surface area contributed by atoms with E-state index in [-0.39, 0.29) is 28.2 Å². The molecule has 0 saturated heterocycles. The molecule has 250 valence electrons. The predicted molar refractivity (Wildman–Crippen MR) is 184 cm³/mol. The first-order valence-electron chi connectivity index (χ1n) is 16.4. The summed E-state index contributed by atoms with van der Waals surface area (Å²) in [5.41, 5.74) is 6.54. The zero-order valence-corrected chi connectivity index (χ0v) is 29.0. The van der Waals surface area contributed by atoms with E-state index < -0.39 is 6.41 Å². The van der Waals surface area contributed by atoms with E-state index in [1.54, 1.807) is 4.57 Å². The van der Waals surface area contributed by atoms with Crippen molar-refractivity contribution in [2.24, 2.45) is 0 Å². The molecule has 0 amide bonds. The highest BCUT2D eigenvalue weighted by atomic mass is 35.5. The summed E-state index contributed by atoms with van der Waals surface area (Å²) in [6, 6.07) is 0. The number of anilines is 1. The minimum atomic E-state index is -1.01. The summed E-state index contributed by atoms with van der Waals surface area (Å²) in [6.07, 6.45) is 20.4. The van der Waals surface area contributed by atoms with Gasteiger partial charge in [-0.2, -0.15) is 9.97 Å². The monoisotopic (exact) mass is 673 g/mol. The average Bonchev–Trinajstić information content (AvgIpc) is 3.42. The molecular weight excluding hydrogens is 622 g/mol. The van der Waals surface area contributed by atoms with E-state index in [1.807, 2.05) is 0 Å². The zero-order valence-electron chi connectivity index (χ0n) is 26.6. The van der Waals surface area contributed by atoms with Crippen molar-refractivity contribution in [1.29, 1.82) is 0 Å². The van der Waals surface area contributed by atoms with Gasteiger partial charge in [0.25, 0.3) is 6.41 Å². The van der Waals surface area contributed by atoms with E-state index in [4.69, 9.17) is 65.5 Å². The summed E-state index contributed by atoms with van der Waals surface area (Å²) < 4.78 is 30.2. The Morgan fingerprint density at radius 3 is 1.80 bits per heavy atom. The molecule has 0 aliphatic heterocycles. The van der Waals surface area contributed by atoms with Gasteiger partial charge in [-0.3, -0.25) is 4.57 Å². The number of hydrogen-bond acceptors (Lipinski definition) is 11. The third-order valence-corrected chi connectivity index (χ3v) is 7.74. The normalized spacial score (nSPS) is 11.9. The van der Waals surface area contributed by atoms with Crippen LogP contribution in [0.15, 0.2) is 6.33 Å². The van der Waals surface area contributed by atoms with E-state index in [0.29, 0.717) is 37.4 Å². The first-order chi connectivity index (χ1) is 21.5. The number of imidazole rings is 1. The molecular formula is C31H52ClN5O5S2. The van der Waals surface area contributed by atoms with Crippen molar-refractivity contribution in [3.63, 3.8) is 0 Å². The smallest absolute Gasteiger partial charge is 0.356 e. The number of nitrogen functional groups attached to an aromatic ring is 1. The Morgan fingerprint density at radius 1 is 0.727 bits per heavy atom. The molecule has 1 atom stereocenters. The molecule has 1 unspecified atom stereocenters. The van der Waals surface area contributed by atoms with Crippen molar-refractivity contribution in [2.75, 3.05) is 32.2 Å². The van der Waals surface area contributed by atoms with Crippen molar-refractivity contribution in [2.45, 2.75) is 129 Å². The molecule has 2 N–H and O–H groups in total. The molecule has 13 heteroatoms. The average molecular weight is 674 g/mol. The summed E-state index contributed by atoms with van der Waals surface area (Å²) in [5.74, 6) is 0.00501. The fourth-order valence-electron chi connectivity index (χ4n) is 4.56. The van der Waals surface area contributed by atoms with Crippen LogP contribution in [0.1, 0.15) is 129 Å². The molecule has 10 nitrogen and oxygen atoms in total. The Bertz CT molecular complexity index is 1080. The lowest BCUT2D eigenvalue weighted by atomic mass is 10.1. The van der Waals surface area contributed by atoms with Gasteiger partial charge in [0.1, 0.15) is 11.8 Å². The molecule has 0 aliphatic rings. The fraction of sp³-hybridized carbons (Fsp3) is 0.774. The Kier molecular flexibility index (Phi) is 21.0. The van der Waals surface area contributed by atoms with Crippen molar-refractivity contribution in [1.82, 2.24) is 19.5 Å². The molecule has 0 radical (unpaired) electrons. The Hall–Kier alpha value is -2.02. The van der Waals surface area contributed by atoms with E-state index in [9.17, 15) is 0 Å². The second-order valence-corrected chi connectivity index (χ2v) is 11.9. The van der Waals surface area contributed by atoms with Gasteiger partial charge in [-0.15, -0.1) is 0 Å². The molecule has 0 aromatic carbocycles. The van der Waals surface area contributed by atoms with Gasteiger partial charge in [-0.25, -0.2) is 4.98 Å². The third kappa shape index (κ3) is 16.3. The Balaban J connectivity index is 1.74. The summed E-state index contributed by atoms with van der Waals surface area (Å²) in [4.78, 5) is 12.5. The Morgan fingerprint density at radius 2 is 1.23 bits per heavy atom. The van der Waals surface area contributed by atoms with Gasteiger partial charge in [0, 0.05) is 30.9 Å². The number of hydrogen-bond donors (Lipinski definition) is 1. The molecule has 0 fully saturated rings. The largest absolute Gasteiger partial charge is 0.457 e. The van der Waals surface area contributed by atoms with Crippen LogP contribution in [0.2, 0.25) is 5.15 Å². The number of nitrogens with zero attached hydrogens (tertiary/aromatic N) is 4. The summed E-state index contributed by atoms with van der Waals surface area (Å²) >= 11 is 16.8. The molecule has 0 spiro atoms. The van der Waals surface area contributed by atoms with E-state index in [2.05, 4.69) is 28.8 Å². The molecule has 2 heterocycles. The lowest BCUT2D eigenvalue weighted by molar-refractivity contribution is -0.151. The van der Waals surface area contributed by atoms with Crippen LogP contribution in [0.25, 0.3) is 11.2 Å². The van der Waals surface area contributed by atoms with Crippen LogP contribution >= 0.6 is 36.0 Å². The van der Waals surface area contributed by atoms with Gasteiger partial charge >= 0.3 is 10.5 Å². The predicted octanol–water partition coefficient (Wildman–Crippen LogP) is 8.84. The highest BCUT2D eigenvalue weighted by Crippen LogP contribution is 2.24. The number of aromatic nitrogens is 4. The minimum absolute atomic E-state index is 0.00501. The highest BCUT2D eigenvalue weighted by molar-refractivity contribution is 7.79. The first-order valence-corrected chi connectivity index (χ1v) is 17.6. The molecule has 2 rings (SSSR count). The fourth-order valence-corrected chi connectivity index (χ4v) is 5.11. The van der Waals surface area contributed by atoms with Crippen molar-refractivity contribution < 1.29 is 23.7 Å². The summed E-state index contributed by atoms with van der Waals surface area (Å²) in [6.45, 7) is 6.09. The van der Waals surface area contributed by atoms with E-state index in [0.717, 1.165) is 25.7 Å². The summed E-state index contributed by atoms with van der Waals surface area (Å²) in [7, 11) is 0. The number of unbranched alkanes of at least 4 members (excludes halogenated alkanes) is 14. The number of rotatable bonds is 25. The van der Waals surface area contributed by atoms with Crippen LogP contribution in [0.4, 0.5) is 5.95 Å². The van der Waals surface area contributed by atoms with Gasteiger partial charge in [0.15, 0.2) is 10.8 Å². The van der Waals surface area contributed by atoms with Crippen LogP contribution in [-0.4, -0.2) is 56.4 Å². The minimum Gasteiger partial charge on any atom is -0.457 e. The van der Waals surface area contributed by atoms with Crippen LogP contribution in [0.3, 0.4) is 0 Å². The van der Waals surface area contributed by atoms with Crippen molar-refractivity contribution in [3.05, 3.63) is 11.5 Å².